The fourth-order valence-corrected chi connectivity index (χ4v) is 3.82. The summed E-state index contributed by atoms with van der Waals surface area (Å²) in [6.45, 7) is 0.896. The number of benzene rings is 2. The quantitative estimate of drug-likeness (QED) is 0.435. The van der Waals surface area contributed by atoms with Crippen LogP contribution in [0.1, 0.15) is 23.5 Å². The van der Waals surface area contributed by atoms with E-state index in [0.29, 0.717) is 31.0 Å². The summed E-state index contributed by atoms with van der Waals surface area (Å²) >= 11 is 0. The minimum absolute atomic E-state index is 0.0535. The molecule has 8 heteroatoms. The zero-order chi connectivity index (χ0) is 21.6. The van der Waals surface area contributed by atoms with E-state index in [-0.39, 0.29) is 11.8 Å². The number of ether oxygens (including phenoxy) is 2. The Bertz CT molecular complexity index is 1150. The molecule has 0 aliphatic rings. The molecule has 0 bridgehead atoms. The van der Waals surface area contributed by atoms with Crippen molar-refractivity contribution in [2.24, 2.45) is 0 Å². The number of nitrogens with one attached hydrogen (secondary N) is 2. The molecule has 1 amide bonds. The van der Waals surface area contributed by atoms with E-state index in [1.54, 1.807) is 25.2 Å². The predicted octanol–water partition coefficient (Wildman–Crippen LogP) is 3.12. The van der Waals surface area contributed by atoms with Crippen molar-refractivity contribution in [2.75, 3.05) is 20.8 Å². The van der Waals surface area contributed by atoms with Crippen LogP contribution in [-0.2, 0) is 11.3 Å². The minimum Gasteiger partial charge on any atom is -0.493 e. The van der Waals surface area contributed by atoms with Gasteiger partial charge in [0.2, 0.25) is 5.91 Å². The van der Waals surface area contributed by atoms with Gasteiger partial charge < -0.3 is 19.8 Å². The first kappa shape index (κ1) is 20.5. The Balaban J connectivity index is 1.63. The van der Waals surface area contributed by atoms with Crippen LogP contribution >= 0.6 is 0 Å². The lowest BCUT2D eigenvalue weighted by atomic mass is 9.89. The van der Waals surface area contributed by atoms with Crippen LogP contribution in [0.5, 0.6) is 11.5 Å². The predicted molar refractivity (Wildman–Crippen MR) is 117 cm³/mol. The smallest absolute Gasteiger partial charge is 0.221 e. The van der Waals surface area contributed by atoms with Crippen LogP contribution in [0.25, 0.3) is 10.9 Å². The number of fused-ring (bicyclic) bond motifs is 1. The molecule has 2 heterocycles. The monoisotopic (exact) mass is 419 g/mol. The van der Waals surface area contributed by atoms with Crippen molar-refractivity contribution >= 4 is 16.8 Å². The van der Waals surface area contributed by atoms with Gasteiger partial charge in [0, 0.05) is 41.5 Å². The summed E-state index contributed by atoms with van der Waals surface area (Å²) < 4.78 is 12.8. The van der Waals surface area contributed by atoms with E-state index < -0.39 is 0 Å². The van der Waals surface area contributed by atoms with E-state index in [9.17, 15) is 4.79 Å². The Labute approximate surface area is 180 Å². The lowest BCUT2D eigenvalue weighted by Gasteiger charge is -2.22. The maximum atomic E-state index is 12.5. The Hall–Kier alpha value is -3.81. The number of hydrogen-bond donors (Lipinski definition) is 2. The van der Waals surface area contributed by atoms with Gasteiger partial charge in [0.15, 0.2) is 11.5 Å². The lowest BCUT2D eigenvalue weighted by Crippen LogP contribution is -2.29. The largest absolute Gasteiger partial charge is 0.493 e. The Morgan fingerprint density at radius 2 is 2.00 bits per heavy atom. The van der Waals surface area contributed by atoms with Crippen LogP contribution < -0.4 is 14.8 Å². The second-order valence-electron chi connectivity index (χ2n) is 7.14. The summed E-state index contributed by atoms with van der Waals surface area (Å²) in [6.07, 6.45) is 5.37. The van der Waals surface area contributed by atoms with Crippen molar-refractivity contribution in [1.29, 1.82) is 0 Å². The molecule has 2 aromatic carbocycles. The first-order chi connectivity index (χ1) is 15.2. The molecule has 0 aliphatic heterocycles. The molecule has 0 aliphatic carbocycles. The van der Waals surface area contributed by atoms with Gasteiger partial charge in [-0.3, -0.25) is 9.48 Å². The normalized spacial score (nSPS) is 11.9. The molecule has 1 atom stereocenters. The number of para-hydroxylation sites is 2. The van der Waals surface area contributed by atoms with Crippen molar-refractivity contribution < 1.29 is 14.3 Å². The molecule has 2 N–H and O–H groups in total. The fourth-order valence-electron chi connectivity index (χ4n) is 3.82. The van der Waals surface area contributed by atoms with E-state index in [1.165, 1.54) is 6.33 Å². The number of rotatable bonds is 9. The van der Waals surface area contributed by atoms with Gasteiger partial charge in [0.1, 0.15) is 12.7 Å². The molecular weight excluding hydrogens is 394 g/mol. The molecule has 0 spiro atoms. The number of aromatic nitrogens is 4. The Morgan fingerprint density at radius 1 is 1.13 bits per heavy atom. The van der Waals surface area contributed by atoms with Crippen LogP contribution in [0.2, 0.25) is 0 Å². The fraction of sp³-hybridized carbons (Fsp3) is 0.261. The van der Waals surface area contributed by atoms with E-state index >= 15 is 0 Å². The van der Waals surface area contributed by atoms with E-state index in [1.807, 2.05) is 42.6 Å². The van der Waals surface area contributed by atoms with E-state index in [2.05, 4.69) is 26.4 Å². The minimum atomic E-state index is -0.128. The zero-order valence-corrected chi connectivity index (χ0v) is 17.5. The van der Waals surface area contributed by atoms with Gasteiger partial charge in [0.05, 0.1) is 20.8 Å². The molecule has 31 heavy (non-hydrogen) atoms. The third-order valence-electron chi connectivity index (χ3n) is 5.34. The van der Waals surface area contributed by atoms with Crippen molar-refractivity contribution in [3.05, 3.63) is 72.4 Å². The number of hydrogen-bond acceptors (Lipinski definition) is 5. The summed E-state index contributed by atoms with van der Waals surface area (Å²) in [5.74, 6) is 1.14. The first-order valence-corrected chi connectivity index (χ1v) is 10.1. The van der Waals surface area contributed by atoms with Crippen molar-refractivity contribution in [3.8, 4) is 11.5 Å². The number of amides is 1. The summed E-state index contributed by atoms with van der Waals surface area (Å²) in [7, 11) is 3.25. The number of methoxy groups -OCH3 is 2. The van der Waals surface area contributed by atoms with Gasteiger partial charge >= 0.3 is 0 Å². The molecule has 0 saturated carbocycles. The zero-order valence-electron chi connectivity index (χ0n) is 17.5. The van der Waals surface area contributed by atoms with Crippen LogP contribution in [0.4, 0.5) is 0 Å². The third kappa shape index (κ3) is 4.37. The number of nitrogens with zero attached hydrogens (tertiary/aromatic N) is 3. The molecule has 0 fully saturated rings. The molecule has 4 rings (SSSR count). The molecule has 4 aromatic rings. The highest BCUT2D eigenvalue weighted by Crippen LogP contribution is 2.40. The maximum absolute atomic E-state index is 12.5. The Morgan fingerprint density at radius 3 is 2.77 bits per heavy atom. The number of carbonyl (C=O) groups is 1. The highest BCUT2D eigenvalue weighted by molar-refractivity contribution is 5.84. The molecule has 0 saturated heterocycles. The molecule has 160 valence electrons. The molecule has 0 radical (unpaired) electrons. The molecule has 1 unspecified atom stereocenters. The second-order valence-corrected chi connectivity index (χ2v) is 7.14. The average Bonchev–Trinajstić information content (AvgIpc) is 3.48. The standard InChI is InChI=1S/C23H25N5O3/c1-30-21-9-5-7-17(23(21)31-2)19(18-12-25-20-8-4-3-6-16(18)20)13-26-22(29)10-11-28-15-24-14-27-28/h3-9,12,14-15,19,25H,10-11,13H2,1-2H3,(H,26,29). The van der Waals surface area contributed by atoms with E-state index in [4.69, 9.17) is 9.47 Å². The summed E-state index contributed by atoms with van der Waals surface area (Å²) in [4.78, 5) is 19.8. The summed E-state index contributed by atoms with van der Waals surface area (Å²) in [5.41, 5.74) is 3.07. The third-order valence-corrected chi connectivity index (χ3v) is 5.34. The van der Waals surface area contributed by atoms with Crippen LogP contribution in [0.15, 0.2) is 61.3 Å². The van der Waals surface area contributed by atoms with E-state index in [0.717, 1.165) is 22.0 Å². The van der Waals surface area contributed by atoms with Gasteiger partial charge in [0.25, 0.3) is 0 Å². The maximum Gasteiger partial charge on any atom is 0.221 e. The van der Waals surface area contributed by atoms with Crippen LogP contribution in [0, 0.1) is 0 Å². The summed E-state index contributed by atoms with van der Waals surface area (Å²) in [6, 6.07) is 13.9. The van der Waals surface area contributed by atoms with Crippen molar-refractivity contribution in [1.82, 2.24) is 25.1 Å². The lowest BCUT2D eigenvalue weighted by molar-refractivity contribution is -0.121. The number of H-pyrrole nitrogens is 1. The number of carbonyl (C=O) groups excluding carboxylic acids is 1. The van der Waals surface area contributed by atoms with Gasteiger partial charge in [-0.1, -0.05) is 30.3 Å². The second kappa shape index (κ2) is 9.34. The van der Waals surface area contributed by atoms with Gasteiger partial charge in [-0.15, -0.1) is 0 Å². The van der Waals surface area contributed by atoms with Crippen LogP contribution in [-0.4, -0.2) is 46.4 Å². The topological polar surface area (TPSA) is 94.1 Å². The average molecular weight is 419 g/mol. The van der Waals surface area contributed by atoms with Crippen molar-refractivity contribution in [2.45, 2.75) is 18.9 Å². The number of aromatic amines is 1. The highest BCUT2D eigenvalue weighted by Gasteiger charge is 2.24. The highest BCUT2D eigenvalue weighted by atomic mass is 16.5. The summed E-state index contributed by atoms with van der Waals surface area (Å²) in [5, 5.41) is 8.22. The van der Waals surface area contributed by atoms with Gasteiger partial charge in [-0.25, -0.2) is 4.98 Å². The first-order valence-electron chi connectivity index (χ1n) is 10.1. The van der Waals surface area contributed by atoms with Crippen molar-refractivity contribution in [3.63, 3.8) is 0 Å². The SMILES string of the molecule is COc1cccc(C(CNC(=O)CCn2cncn2)c2c[nH]c3ccccc23)c1OC. The van der Waals surface area contributed by atoms with Gasteiger partial charge in [-0.05, 0) is 17.7 Å². The van der Waals surface area contributed by atoms with Crippen LogP contribution in [0.3, 0.4) is 0 Å². The van der Waals surface area contributed by atoms with Gasteiger partial charge in [-0.2, -0.15) is 5.10 Å². The molecular formula is C23H25N5O3. The Kier molecular flexibility index (Phi) is 6.16. The molecule has 2 aromatic heterocycles. The number of aryl methyl sites for hydroxylation is 1. The molecule has 8 nitrogen and oxygen atoms in total.